The predicted octanol–water partition coefficient (Wildman–Crippen LogP) is 1.20. The van der Waals surface area contributed by atoms with Crippen molar-refractivity contribution in [1.29, 1.82) is 0 Å². The van der Waals surface area contributed by atoms with E-state index in [1.165, 1.54) is 0 Å². The molecule has 0 bridgehead atoms. The Hall–Kier alpha value is -1.57. The van der Waals surface area contributed by atoms with Crippen LogP contribution in [-0.2, 0) is 16.0 Å². The molecule has 1 amide bonds. The first kappa shape index (κ1) is 15.8. The first-order valence-electron chi connectivity index (χ1n) is 7.11. The smallest absolute Gasteiger partial charge is 0.313 e. The average Bonchev–Trinajstić information content (AvgIpc) is 3.12. The van der Waals surface area contributed by atoms with Crippen LogP contribution in [0.5, 0.6) is 0 Å². The van der Waals surface area contributed by atoms with Crippen LogP contribution in [0.1, 0.15) is 38.6 Å². The van der Waals surface area contributed by atoms with Crippen molar-refractivity contribution in [2.45, 2.75) is 44.3 Å². The first-order valence-corrected chi connectivity index (χ1v) is 8.10. The van der Waals surface area contributed by atoms with Crippen molar-refractivity contribution in [1.82, 2.24) is 19.7 Å². The van der Waals surface area contributed by atoms with Gasteiger partial charge in [0, 0.05) is 19.5 Å². The van der Waals surface area contributed by atoms with Crippen LogP contribution >= 0.6 is 11.8 Å². The Labute approximate surface area is 127 Å². The van der Waals surface area contributed by atoms with E-state index in [2.05, 4.69) is 10.2 Å². The number of rotatable bonds is 6. The minimum absolute atomic E-state index is 0.0548. The van der Waals surface area contributed by atoms with Gasteiger partial charge in [-0.3, -0.25) is 14.2 Å². The lowest BCUT2D eigenvalue weighted by atomic mass is 10.2. The van der Waals surface area contributed by atoms with Crippen LogP contribution in [0.25, 0.3) is 0 Å². The molecule has 0 aromatic carbocycles. The summed E-state index contributed by atoms with van der Waals surface area (Å²) in [4.78, 5) is 25.1. The van der Waals surface area contributed by atoms with Crippen molar-refractivity contribution in [3.05, 3.63) is 5.82 Å². The Morgan fingerprint density at radius 3 is 2.57 bits per heavy atom. The summed E-state index contributed by atoms with van der Waals surface area (Å²) in [6.45, 7) is 5.36. The van der Waals surface area contributed by atoms with E-state index in [0.717, 1.165) is 37.7 Å². The van der Waals surface area contributed by atoms with Gasteiger partial charge < -0.3 is 10.0 Å². The molecule has 0 spiro atoms. The molecule has 8 heteroatoms. The number of thioether (sulfide) groups is 1. The SMILES string of the molecule is CCc1nnc(SCC(=O)O)n1C(C)C(=O)N1CCCC1. The molecule has 1 aliphatic rings. The van der Waals surface area contributed by atoms with Crippen LogP contribution in [0.15, 0.2) is 5.16 Å². The lowest BCUT2D eigenvalue weighted by molar-refractivity contribution is -0.134. The fraction of sp³-hybridized carbons (Fsp3) is 0.692. The van der Waals surface area contributed by atoms with Crippen LogP contribution in [0.4, 0.5) is 0 Å². The summed E-state index contributed by atoms with van der Waals surface area (Å²) in [5, 5.41) is 17.4. The van der Waals surface area contributed by atoms with Gasteiger partial charge >= 0.3 is 5.97 Å². The third-order valence-corrected chi connectivity index (χ3v) is 4.47. The quantitative estimate of drug-likeness (QED) is 0.794. The zero-order chi connectivity index (χ0) is 15.4. The second-order valence-corrected chi connectivity index (χ2v) is 5.96. The molecule has 1 saturated heterocycles. The number of amides is 1. The predicted molar refractivity (Wildman–Crippen MR) is 78.3 cm³/mol. The standard InChI is InChI=1S/C13H20N4O3S/c1-3-10-14-15-13(21-8-11(18)19)17(10)9(2)12(20)16-6-4-5-7-16/h9H,3-8H2,1-2H3,(H,18,19). The van der Waals surface area contributed by atoms with Crippen molar-refractivity contribution < 1.29 is 14.7 Å². The fourth-order valence-electron chi connectivity index (χ4n) is 2.47. The van der Waals surface area contributed by atoms with Crippen molar-refractivity contribution in [3.63, 3.8) is 0 Å². The third-order valence-electron chi connectivity index (χ3n) is 3.54. The lowest BCUT2D eigenvalue weighted by Crippen LogP contribution is -2.34. The summed E-state index contributed by atoms with van der Waals surface area (Å²) in [7, 11) is 0. The second-order valence-electron chi connectivity index (χ2n) is 5.01. The fourth-order valence-corrected chi connectivity index (χ4v) is 3.23. The third kappa shape index (κ3) is 3.55. The Morgan fingerprint density at radius 2 is 2.00 bits per heavy atom. The number of aromatic nitrogens is 3. The molecule has 2 heterocycles. The van der Waals surface area contributed by atoms with Gasteiger partial charge in [-0.1, -0.05) is 18.7 Å². The number of carboxylic acid groups (broad SMARTS) is 1. The van der Waals surface area contributed by atoms with Gasteiger partial charge in [-0.15, -0.1) is 10.2 Å². The molecule has 2 rings (SSSR count). The van der Waals surface area contributed by atoms with Crippen molar-refractivity contribution >= 4 is 23.6 Å². The largest absolute Gasteiger partial charge is 0.481 e. The Bertz CT molecular complexity index is 525. The van der Waals surface area contributed by atoms with Gasteiger partial charge in [0.15, 0.2) is 5.16 Å². The molecule has 1 aromatic heterocycles. The van der Waals surface area contributed by atoms with Gasteiger partial charge in [0.05, 0.1) is 5.75 Å². The minimum Gasteiger partial charge on any atom is -0.481 e. The highest BCUT2D eigenvalue weighted by atomic mass is 32.2. The number of aryl methyl sites for hydroxylation is 1. The molecule has 0 saturated carbocycles. The van der Waals surface area contributed by atoms with E-state index in [-0.39, 0.29) is 11.7 Å². The highest BCUT2D eigenvalue weighted by Gasteiger charge is 2.28. The monoisotopic (exact) mass is 312 g/mol. The molecule has 21 heavy (non-hydrogen) atoms. The van der Waals surface area contributed by atoms with Crippen LogP contribution in [0.3, 0.4) is 0 Å². The molecule has 1 aliphatic heterocycles. The van der Waals surface area contributed by atoms with Gasteiger partial charge in [-0.25, -0.2) is 0 Å². The van der Waals surface area contributed by atoms with E-state index in [4.69, 9.17) is 5.11 Å². The summed E-state index contributed by atoms with van der Waals surface area (Å²) in [5.41, 5.74) is 0. The van der Waals surface area contributed by atoms with Crippen molar-refractivity contribution in [2.75, 3.05) is 18.8 Å². The number of aliphatic carboxylic acids is 1. The van der Waals surface area contributed by atoms with E-state index < -0.39 is 12.0 Å². The molecule has 0 radical (unpaired) electrons. The van der Waals surface area contributed by atoms with Gasteiger partial charge in [0.2, 0.25) is 5.91 Å². The number of nitrogens with zero attached hydrogens (tertiary/aromatic N) is 4. The maximum Gasteiger partial charge on any atom is 0.313 e. The summed E-state index contributed by atoms with van der Waals surface area (Å²) in [6, 6.07) is -0.399. The lowest BCUT2D eigenvalue weighted by Gasteiger charge is -2.23. The molecule has 1 atom stereocenters. The number of likely N-dealkylation sites (tertiary alicyclic amines) is 1. The molecule has 116 valence electrons. The molecule has 0 aliphatic carbocycles. The van der Waals surface area contributed by atoms with Crippen molar-refractivity contribution in [3.8, 4) is 0 Å². The molecule has 1 aromatic rings. The number of carbonyl (C=O) groups is 2. The maximum absolute atomic E-state index is 12.5. The molecule has 7 nitrogen and oxygen atoms in total. The van der Waals surface area contributed by atoms with E-state index in [1.807, 2.05) is 18.7 Å². The van der Waals surface area contributed by atoms with Gasteiger partial charge in [0.1, 0.15) is 11.9 Å². The number of hydrogen-bond donors (Lipinski definition) is 1. The normalized spacial score (nSPS) is 16.2. The molecular formula is C13H20N4O3S. The van der Waals surface area contributed by atoms with Gasteiger partial charge in [-0.2, -0.15) is 0 Å². The summed E-state index contributed by atoms with van der Waals surface area (Å²) in [5.74, 6) is -0.236. The Morgan fingerprint density at radius 1 is 1.33 bits per heavy atom. The van der Waals surface area contributed by atoms with E-state index in [0.29, 0.717) is 17.4 Å². The summed E-state index contributed by atoms with van der Waals surface area (Å²) in [6.07, 6.45) is 2.74. The zero-order valence-corrected chi connectivity index (χ0v) is 13.1. The van der Waals surface area contributed by atoms with Crippen LogP contribution in [0.2, 0.25) is 0 Å². The topological polar surface area (TPSA) is 88.3 Å². The first-order chi connectivity index (χ1) is 10.0. The van der Waals surface area contributed by atoms with E-state index in [9.17, 15) is 9.59 Å². The van der Waals surface area contributed by atoms with E-state index >= 15 is 0 Å². The Kier molecular flexibility index (Phi) is 5.22. The van der Waals surface area contributed by atoms with Crippen LogP contribution in [0, 0.1) is 0 Å². The zero-order valence-electron chi connectivity index (χ0n) is 12.3. The molecule has 1 unspecified atom stereocenters. The number of carbonyl (C=O) groups excluding carboxylic acids is 1. The molecular weight excluding hydrogens is 292 g/mol. The average molecular weight is 312 g/mol. The highest BCUT2D eigenvalue weighted by molar-refractivity contribution is 7.99. The summed E-state index contributed by atoms with van der Waals surface area (Å²) < 4.78 is 1.77. The molecule has 1 fully saturated rings. The van der Waals surface area contributed by atoms with Gasteiger partial charge in [-0.05, 0) is 19.8 Å². The summed E-state index contributed by atoms with van der Waals surface area (Å²) >= 11 is 1.10. The minimum atomic E-state index is -0.911. The highest BCUT2D eigenvalue weighted by Crippen LogP contribution is 2.24. The van der Waals surface area contributed by atoms with E-state index in [1.54, 1.807) is 4.57 Å². The van der Waals surface area contributed by atoms with Gasteiger partial charge in [0.25, 0.3) is 0 Å². The van der Waals surface area contributed by atoms with Crippen LogP contribution < -0.4 is 0 Å². The second kappa shape index (κ2) is 6.93. The van der Waals surface area contributed by atoms with Crippen molar-refractivity contribution in [2.24, 2.45) is 0 Å². The maximum atomic E-state index is 12.5. The Balaban J connectivity index is 2.20. The number of hydrogen-bond acceptors (Lipinski definition) is 5. The van der Waals surface area contributed by atoms with Crippen LogP contribution in [-0.4, -0.2) is 55.5 Å². The molecule has 1 N–H and O–H groups in total. The number of carboxylic acids is 1.